The summed E-state index contributed by atoms with van der Waals surface area (Å²) in [6, 6.07) is 2.05. The van der Waals surface area contributed by atoms with Gasteiger partial charge in [0.05, 0.1) is 5.25 Å². The SMILES string of the molecule is O=C(Cc1cc(Br)cs1)C1CCCCS1. The molecule has 15 heavy (non-hydrogen) atoms. The van der Waals surface area contributed by atoms with Crippen LogP contribution in [-0.2, 0) is 11.2 Å². The van der Waals surface area contributed by atoms with E-state index in [1.54, 1.807) is 11.3 Å². The summed E-state index contributed by atoms with van der Waals surface area (Å²) in [5, 5.41) is 2.30. The lowest BCUT2D eigenvalue weighted by molar-refractivity contribution is -0.118. The second-order valence-electron chi connectivity index (χ2n) is 3.73. The molecule has 1 aliphatic rings. The normalized spacial score (nSPS) is 21.5. The summed E-state index contributed by atoms with van der Waals surface area (Å²) in [6.07, 6.45) is 4.19. The molecule has 1 aromatic rings. The van der Waals surface area contributed by atoms with E-state index in [0.717, 1.165) is 16.6 Å². The van der Waals surface area contributed by atoms with Gasteiger partial charge in [-0.15, -0.1) is 11.3 Å². The highest BCUT2D eigenvalue weighted by Gasteiger charge is 2.21. The van der Waals surface area contributed by atoms with Crippen molar-refractivity contribution in [2.45, 2.75) is 30.9 Å². The maximum Gasteiger partial charge on any atom is 0.150 e. The quantitative estimate of drug-likeness (QED) is 0.842. The number of carbonyl (C=O) groups is 1. The highest BCUT2D eigenvalue weighted by atomic mass is 79.9. The summed E-state index contributed by atoms with van der Waals surface area (Å²) in [6.45, 7) is 0. The standard InChI is InChI=1S/C11H13BrOS2/c12-8-5-9(15-7-8)6-10(13)11-3-1-2-4-14-11/h5,7,11H,1-4,6H2. The van der Waals surface area contributed by atoms with Gasteiger partial charge in [0.25, 0.3) is 0 Å². The molecule has 0 radical (unpaired) electrons. The van der Waals surface area contributed by atoms with E-state index in [-0.39, 0.29) is 5.25 Å². The Bertz CT molecular complexity index is 342. The first-order valence-corrected chi connectivity index (χ1v) is 7.85. The maximum absolute atomic E-state index is 11.9. The lowest BCUT2D eigenvalue weighted by Gasteiger charge is -2.19. The van der Waals surface area contributed by atoms with Crippen LogP contribution in [0.4, 0.5) is 0 Å². The molecule has 1 unspecified atom stereocenters. The summed E-state index contributed by atoms with van der Waals surface area (Å²) in [4.78, 5) is 13.1. The third-order valence-corrected chi connectivity index (χ3v) is 5.63. The fourth-order valence-electron chi connectivity index (χ4n) is 1.73. The Morgan fingerprint density at radius 3 is 3.00 bits per heavy atom. The van der Waals surface area contributed by atoms with E-state index < -0.39 is 0 Å². The van der Waals surface area contributed by atoms with Gasteiger partial charge in [0.15, 0.2) is 5.78 Å². The summed E-state index contributed by atoms with van der Waals surface area (Å²) >= 11 is 6.92. The van der Waals surface area contributed by atoms with Gasteiger partial charge >= 0.3 is 0 Å². The van der Waals surface area contributed by atoms with E-state index in [9.17, 15) is 4.79 Å². The fourth-order valence-corrected chi connectivity index (χ4v) is 4.45. The molecular weight excluding hydrogens is 292 g/mol. The monoisotopic (exact) mass is 304 g/mol. The molecule has 0 saturated carbocycles. The van der Waals surface area contributed by atoms with Crippen LogP contribution in [0.15, 0.2) is 15.9 Å². The lowest BCUT2D eigenvalue weighted by atomic mass is 10.1. The third-order valence-electron chi connectivity index (χ3n) is 2.51. The molecule has 4 heteroatoms. The average Bonchev–Trinajstić information content (AvgIpc) is 2.65. The zero-order valence-electron chi connectivity index (χ0n) is 8.37. The molecule has 1 fully saturated rings. The van der Waals surface area contributed by atoms with Gasteiger partial charge in [0, 0.05) is 21.2 Å². The van der Waals surface area contributed by atoms with E-state index >= 15 is 0 Å². The highest BCUT2D eigenvalue weighted by molar-refractivity contribution is 9.10. The third kappa shape index (κ3) is 3.33. The number of carbonyl (C=O) groups excluding carboxylic acids is 1. The second-order valence-corrected chi connectivity index (χ2v) is 6.95. The Balaban J connectivity index is 1.91. The largest absolute Gasteiger partial charge is 0.298 e. The van der Waals surface area contributed by atoms with Crippen molar-refractivity contribution in [3.8, 4) is 0 Å². The Morgan fingerprint density at radius 2 is 2.40 bits per heavy atom. The molecule has 1 aromatic heterocycles. The molecule has 1 atom stereocenters. The van der Waals surface area contributed by atoms with E-state index in [0.29, 0.717) is 12.2 Å². The Morgan fingerprint density at radius 1 is 1.53 bits per heavy atom. The summed E-state index contributed by atoms with van der Waals surface area (Å²) in [5.41, 5.74) is 0. The van der Waals surface area contributed by atoms with Crippen molar-refractivity contribution in [3.63, 3.8) is 0 Å². The number of halogens is 1. The van der Waals surface area contributed by atoms with Crippen LogP contribution < -0.4 is 0 Å². The Hall–Kier alpha value is 0.200. The van der Waals surface area contributed by atoms with Gasteiger partial charge in [-0.3, -0.25) is 4.79 Å². The van der Waals surface area contributed by atoms with Gasteiger partial charge < -0.3 is 0 Å². The van der Waals surface area contributed by atoms with Crippen molar-refractivity contribution in [3.05, 3.63) is 20.8 Å². The van der Waals surface area contributed by atoms with Gasteiger partial charge in [-0.25, -0.2) is 0 Å². The van der Waals surface area contributed by atoms with Crippen molar-refractivity contribution < 1.29 is 4.79 Å². The van der Waals surface area contributed by atoms with Gasteiger partial charge in [-0.1, -0.05) is 6.42 Å². The smallest absolute Gasteiger partial charge is 0.150 e. The van der Waals surface area contributed by atoms with Crippen molar-refractivity contribution in [2.24, 2.45) is 0 Å². The van der Waals surface area contributed by atoms with Crippen molar-refractivity contribution in [2.75, 3.05) is 5.75 Å². The predicted octanol–water partition coefficient (Wildman–Crippen LogP) is 3.91. The number of hydrogen-bond acceptors (Lipinski definition) is 3. The molecule has 0 bridgehead atoms. The van der Waals surface area contributed by atoms with Gasteiger partial charge in [0.2, 0.25) is 0 Å². The minimum absolute atomic E-state index is 0.264. The van der Waals surface area contributed by atoms with Crippen molar-refractivity contribution >= 4 is 44.8 Å². The molecule has 1 nitrogen and oxygen atoms in total. The van der Waals surface area contributed by atoms with Crippen molar-refractivity contribution in [1.29, 1.82) is 0 Å². The molecule has 1 saturated heterocycles. The Labute approximate surface area is 107 Å². The minimum atomic E-state index is 0.264. The maximum atomic E-state index is 11.9. The van der Waals surface area contributed by atoms with Gasteiger partial charge in [-0.2, -0.15) is 11.8 Å². The number of thioether (sulfide) groups is 1. The van der Waals surface area contributed by atoms with Crippen molar-refractivity contribution in [1.82, 2.24) is 0 Å². The van der Waals surface area contributed by atoms with Crippen LogP contribution in [0.2, 0.25) is 0 Å². The molecule has 0 spiro atoms. The highest BCUT2D eigenvalue weighted by Crippen LogP contribution is 2.28. The van der Waals surface area contributed by atoms with E-state index in [4.69, 9.17) is 0 Å². The molecule has 2 heterocycles. The van der Waals surface area contributed by atoms with Crippen LogP contribution in [0.25, 0.3) is 0 Å². The van der Waals surface area contributed by atoms with Gasteiger partial charge in [-0.05, 0) is 40.6 Å². The summed E-state index contributed by atoms with van der Waals surface area (Å²) in [7, 11) is 0. The van der Waals surface area contributed by atoms with Crippen LogP contribution in [0.3, 0.4) is 0 Å². The van der Waals surface area contributed by atoms with E-state index in [2.05, 4.69) is 22.0 Å². The number of hydrogen-bond donors (Lipinski definition) is 0. The molecular formula is C11H13BrOS2. The molecule has 0 aliphatic carbocycles. The molecule has 0 N–H and O–H groups in total. The topological polar surface area (TPSA) is 17.1 Å². The first kappa shape index (κ1) is 11.7. The first-order valence-electron chi connectivity index (χ1n) is 5.13. The first-order chi connectivity index (χ1) is 7.25. The minimum Gasteiger partial charge on any atom is -0.298 e. The average molecular weight is 305 g/mol. The van der Waals surface area contributed by atoms with Crippen LogP contribution in [-0.4, -0.2) is 16.8 Å². The van der Waals surface area contributed by atoms with Gasteiger partial charge in [0.1, 0.15) is 0 Å². The van der Waals surface area contributed by atoms with Crippen LogP contribution in [0.1, 0.15) is 24.1 Å². The summed E-state index contributed by atoms with van der Waals surface area (Å²) < 4.78 is 1.09. The molecule has 1 aliphatic heterocycles. The fraction of sp³-hybridized carbons (Fsp3) is 0.545. The number of rotatable bonds is 3. The van der Waals surface area contributed by atoms with E-state index in [1.165, 1.54) is 17.7 Å². The number of Topliss-reactive ketones (excluding diaryl/α,β-unsaturated/α-hetero) is 1. The van der Waals surface area contributed by atoms with Crippen LogP contribution in [0.5, 0.6) is 0 Å². The lowest BCUT2D eigenvalue weighted by Crippen LogP contribution is -2.22. The van der Waals surface area contributed by atoms with Crippen LogP contribution in [0, 0.1) is 0 Å². The zero-order chi connectivity index (χ0) is 10.7. The summed E-state index contributed by atoms with van der Waals surface area (Å²) in [5.74, 6) is 1.57. The molecule has 82 valence electrons. The Kier molecular flexibility index (Phi) is 4.29. The molecule has 2 rings (SSSR count). The zero-order valence-corrected chi connectivity index (χ0v) is 11.6. The number of thiophene rings is 1. The second kappa shape index (κ2) is 5.51. The predicted molar refractivity (Wildman–Crippen MR) is 70.8 cm³/mol. The van der Waals surface area contributed by atoms with E-state index in [1.807, 2.05) is 17.1 Å². The van der Waals surface area contributed by atoms with Crippen LogP contribution >= 0.6 is 39.0 Å². The number of ketones is 1. The molecule has 0 aromatic carbocycles. The molecule has 0 amide bonds.